The van der Waals surface area contributed by atoms with E-state index in [0.717, 1.165) is 54.9 Å². The van der Waals surface area contributed by atoms with Crippen molar-refractivity contribution in [3.8, 4) is 28.7 Å². The number of benzene rings is 8. The summed E-state index contributed by atoms with van der Waals surface area (Å²) in [5.74, 6) is 1.81. The predicted octanol–water partition coefficient (Wildman–Crippen LogP) is 9.58. The van der Waals surface area contributed by atoms with Crippen molar-refractivity contribution in [1.29, 1.82) is 0 Å². The first kappa shape index (κ1) is 33.0. The van der Waals surface area contributed by atoms with E-state index in [2.05, 4.69) is 180 Å². The van der Waals surface area contributed by atoms with E-state index in [1.54, 1.807) is 0 Å². The number of para-hydroxylation sites is 3. The van der Waals surface area contributed by atoms with Gasteiger partial charge in [0.2, 0.25) is 5.95 Å². The van der Waals surface area contributed by atoms with E-state index in [9.17, 15) is 0 Å². The normalized spacial score (nSPS) is 11.9. The van der Waals surface area contributed by atoms with Gasteiger partial charge in [-0.3, -0.25) is 4.57 Å². The molecule has 11 rings (SSSR count). The van der Waals surface area contributed by atoms with Gasteiger partial charge < -0.3 is 4.42 Å². The molecule has 6 heteroatoms. The minimum atomic E-state index is -2.98. The average molecular weight is 747 g/mol. The Morgan fingerprint density at radius 1 is 0.351 bits per heavy atom. The highest BCUT2D eigenvalue weighted by atomic mass is 28.3. The third-order valence-corrected chi connectivity index (χ3v) is 16.0. The fourth-order valence-corrected chi connectivity index (χ4v) is 13.5. The van der Waals surface area contributed by atoms with Crippen LogP contribution >= 0.6 is 0 Å². The molecule has 8 aromatic carbocycles. The first-order valence-electron chi connectivity index (χ1n) is 19.2. The van der Waals surface area contributed by atoms with E-state index in [-0.39, 0.29) is 0 Å². The number of furan rings is 1. The van der Waals surface area contributed by atoms with Crippen LogP contribution in [0.5, 0.6) is 0 Å². The fourth-order valence-electron chi connectivity index (χ4n) is 8.68. The zero-order valence-electron chi connectivity index (χ0n) is 30.8. The van der Waals surface area contributed by atoms with Gasteiger partial charge in [-0.1, -0.05) is 182 Å². The molecule has 57 heavy (non-hydrogen) atoms. The van der Waals surface area contributed by atoms with Crippen LogP contribution in [-0.4, -0.2) is 27.6 Å². The van der Waals surface area contributed by atoms with Gasteiger partial charge in [-0.05, 0) is 45.0 Å². The van der Waals surface area contributed by atoms with Gasteiger partial charge in [-0.15, -0.1) is 0 Å². The Balaban J connectivity index is 1.19. The quantitative estimate of drug-likeness (QED) is 0.121. The minimum Gasteiger partial charge on any atom is -0.456 e. The zero-order valence-corrected chi connectivity index (χ0v) is 31.8. The van der Waals surface area contributed by atoms with E-state index in [1.165, 1.54) is 20.7 Å². The van der Waals surface area contributed by atoms with Crippen molar-refractivity contribution in [3.05, 3.63) is 206 Å². The van der Waals surface area contributed by atoms with Crippen molar-refractivity contribution in [1.82, 2.24) is 19.5 Å². The highest BCUT2D eigenvalue weighted by Gasteiger charge is 2.42. The topological polar surface area (TPSA) is 56.7 Å². The molecule has 0 amide bonds. The van der Waals surface area contributed by atoms with Crippen LogP contribution in [0.1, 0.15) is 0 Å². The van der Waals surface area contributed by atoms with Gasteiger partial charge in [0.25, 0.3) is 0 Å². The molecule has 0 saturated carbocycles. The maximum Gasteiger partial charge on any atom is 0.238 e. The van der Waals surface area contributed by atoms with E-state index in [4.69, 9.17) is 19.4 Å². The third kappa shape index (κ3) is 5.34. The van der Waals surface area contributed by atoms with Gasteiger partial charge in [0, 0.05) is 32.7 Å². The molecule has 268 valence electrons. The zero-order chi connectivity index (χ0) is 37.8. The molecular formula is C51H34N4OSi. The Morgan fingerprint density at radius 3 is 1.51 bits per heavy atom. The van der Waals surface area contributed by atoms with E-state index >= 15 is 0 Å². The fraction of sp³-hybridized carbons (Fsp3) is 0. The molecule has 0 spiro atoms. The molecule has 0 aliphatic heterocycles. The van der Waals surface area contributed by atoms with Crippen molar-refractivity contribution in [2.75, 3.05) is 0 Å². The van der Waals surface area contributed by atoms with Crippen molar-refractivity contribution >= 4 is 72.6 Å². The number of nitrogens with zero attached hydrogens (tertiary/aromatic N) is 4. The number of hydrogen-bond acceptors (Lipinski definition) is 4. The Bertz CT molecular complexity index is 3160. The molecule has 0 fully saturated rings. The van der Waals surface area contributed by atoms with Crippen LogP contribution in [0.2, 0.25) is 0 Å². The van der Waals surface area contributed by atoms with Gasteiger partial charge in [0.15, 0.2) is 19.7 Å². The summed E-state index contributed by atoms with van der Waals surface area (Å²) in [4.78, 5) is 15.7. The molecule has 0 unspecified atom stereocenters. The molecule has 0 aliphatic rings. The largest absolute Gasteiger partial charge is 0.456 e. The van der Waals surface area contributed by atoms with Crippen LogP contribution in [0.15, 0.2) is 211 Å². The standard InChI is InChI=1S/C51H34N4OSi/c1-4-17-35(18-5-1)49-52-50(54-51(53-49)55-45-28-13-10-25-41(45)42-26-11-14-29-46(42)55)36-19-16-24-39(33-36)57(37-20-6-2-7-21-37,38-22-8-3-9-23-38)40-31-32-48-44(34-40)43-27-12-15-30-47(43)56-48/h1-34H. The lowest BCUT2D eigenvalue weighted by molar-refractivity contribution is 0.669. The van der Waals surface area contributed by atoms with Crippen molar-refractivity contribution in [2.24, 2.45) is 0 Å². The minimum absolute atomic E-state index is 0.577. The van der Waals surface area contributed by atoms with E-state index in [0.29, 0.717) is 17.6 Å². The van der Waals surface area contributed by atoms with Gasteiger partial charge in [-0.2, -0.15) is 9.97 Å². The monoisotopic (exact) mass is 746 g/mol. The second-order valence-electron chi connectivity index (χ2n) is 14.4. The average Bonchev–Trinajstić information content (AvgIpc) is 3.83. The number of hydrogen-bond donors (Lipinski definition) is 0. The van der Waals surface area contributed by atoms with E-state index in [1.807, 2.05) is 30.3 Å². The van der Waals surface area contributed by atoms with Gasteiger partial charge in [0.05, 0.1) is 11.0 Å². The Hall–Kier alpha value is -7.41. The van der Waals surface area contributed by atoms with Crippen LogP contribution < -0.4 is 20.7 Å². The summed E-state index contributed by atoms with van der Waals surface area (Å²) in [5.41, 5.74) is 5.72. The molecule has 0 N–H and O–H groups in total. The molecule has 0 saturated heterocycles. The lowest BCUT2D eigenvalue weighted by Crippen LogP contribution is -2.74. The molecule has 3 aromatic heterocycles. The van der Waals surface area contributed by atoms with Crippen molar-refractivity contribution < 1.29 is 4.42 Å². The second-order valence-corrected chi connectivity index (χ2v) is 18.2. The molecule has 0 radical (unpaired) electrons. The Labute approximate surface area is 330 Å². The molecule has 3 heterocycles. The van der Waals surface area contributed by atoms with Crippen LogP contribution in [0.3, 0.4) is 0 Å². The predicted molar refractivity (Wildman–Crippen MR) is 236 cm³/mol. The van der Waals surface area contributed by atoms with Crippen molar-refractivity contribution in [3.63, 3.8) is 0 Å². The van der Waals surface area contributed by atoms with Crippen molar-refractivity contribution in [2.45, 2.75) is 0 Å². The van der Waals surface area contributed by atoms with Gasteiger partial charge in [0.1, 0.15) is 11.2 Å². The SMILES string of the molecule is c1ccc(-c2nc(-c3cccc([Si](c4ccccc4)(c4ccccc4)c4ccc5oc6ccccc6c5c4)c3)nc(-n3c4ccccc4c4ccccc43)n2)cc1. The summed E-state index contributed by atoms with van der Waals surface area (Å²) >= 11 is 0. The summed E-state index contributed by atoms with van der Waals surface area (Å²) in [5, 5.41) is 9.60. The molecule has 5 nitrogen and oxygen atoms in total. The first-order chi connectivity index (χ1) is 28.3. The molecular weight excluding hydrogens is 713 g/mol. The summed E-state index contributed by atoms with van der Waals surface area (Å²) in [6.07, 6.45) is 0. The molecule has 11 aromatic rings. The second kappa shape index (κ2) is 13.4. The summed E-state index contributed by atoms with van der Waals surface area (Å²) in [7, 11) is -2.98. The molecule has 0 aliphatic carbocycles. The number of fused-ring (bicyclic) bond motifs is 6. The summed E-state index contributed by atoms with van der Waals surface area (Å²) < 4.78 is 8.52. The van der Waals surface area contributed by atoms with Crippen LogP contribution in [0.4, 0.5) is 0 Å². The summed E-state index contributed by atoms with van der Waals surface area (Å²) in [6, 6.07) is 73.1. The summed E-state index contributed by atoms with van der Waals surface area (Å²) in [6.45, 7) is 0. The Morgan fingerprint density at radius 2 is 0.842 bits per heavy atom. The highest BCUT2D eigenvalue weighted by Crippen LogP contribution is 2.33. The smallest absolute Gasteiger partial charge is 0.238 e. The highest BCUT2D eigenvalue weighted by molar-refractivity contribution is 7.20. The molecule has 0 atom stereocenters. The van der Waals surface area contributed by atoms with Crippen LogP contribution in [0.25, 0.3) is 72.5 Å². The van der Waals surface area contributed by atoms with Gasteiger partial charge in [-0.25, -0.2) is 4.98 Å². The lowest BCUT2D eigenvalue weighted by atomic mass is 10.1. The van der Waals surface area contributed by atoms with Gasteiger partial charge >= 0.3 is 0 Å². The maximum atomic E-state index is 6.35. The maximum absolute atomic E-state index is 6.35. The molecule has 0 bridgehead atoms. The third-order valence-electron chi connectivity index (χ3n) is 11.2. The first-order valence-corrected chi connectivity index (χ1v) is 21.2. The number of aromatic nitrogens is 4. The lowest BCUT2D eigenvalue weighted by Gasteiger charge is -2.34. The van der Waals surface area contributed by atoms with E-state index < -0.39 is 8.07 Å². The van der Waals surface area contributed by atoms with Crippen LogP contribution in [-0.2, 0) is 0 Å². The number of rotatable bonds is 7. The Kier molecular flexibility index (Phi) is 7.76. The van der Waals surface area contributed by atoms with Crippen LogP contribution in [0, 0.1) is 0 Å².